The smallest absolute Gasteiger partial charge is 0.324 e. The van der Waals surface area contributed by atoms with Crippen molar-refractivity contribution in [2.75, 3.05) is 26.0 Å². The average Bonchev–Trinajstić information content (AvgIpc) is 3.16. The van der Waals surface area contributed by atoms with Crippen LogP contribution in [0.3, 0.4) is 0 Å². The van der Waals surface area contributed by atoms with E-state index in [1.807, 2.05) is 0 Å². The van der Waals surface area contributed by atoms with Gasteiger partial charge in [0, 0.05) is 13.6 Å². The maximum absolute atomic E-state index is 12.5. The van der Waals surface area contributed by atoms with Crippen LogP contribution in [0.25, 0.3) is 0 Å². The number of amides is 1. The lowest BCUT2D eigenvalue weighted by molar-refractivity contribution is -0.156. The number of hydrogen-bond acceptors (Lipinski definition) is 6. The monoisotopic (exact) mass is 399 g/mol. The Hall–Kier alpha value is -1.66. The summed E-state index contributed by atoms with van der Waals surface area (Å²) >= 11 is 0. The molecule has 0 aromatic heterocycles. The van der Waals surface area contributed by atoms with Gasteiger partial charge in [0.05, 0.1) is 11.8 Å². The van der Waals surface area contributed by atoms with Gasteiger partial charge in [-0.2, -0.15) is 9.57 Å². The van der Waals surface area contributed by atoms with E-state index in [9.17, 15) is 23.3 Å². The highest BCUT2D eigenvalue weighted by molar-refractivity contribution is 7.89. The molecule has 1 aliphatic heterocycles. The highest BCUT2D eigenvalue weighted by atomic mass is 32.2. The molecule has 9 heteroatoms. The molecule has 0 radical (unpaired) electrons. The second-order valence-electron chi connectivity index (χ2n) is 7.35. The van der Waals surface area contributed by atoms with Gasteiger partial charge in [0.1, 0.15) is 11.6 Å². The second-order valence-corrected chi connectivity index (χ2v) is 9.39. The quantitative estimate of drug-likeness (QED) is 0.599. The molecule has 8 nitrogen and oxygen atoms in total. The van der Waals surface area contributed by atoms with E-state index >= 15 is 0 Å². The lowest BCUT2D eigenvalue weighted by atomic mass is 9.81. The lowest BCUT2D eigenvalue weighted by Crippen LogP contribution is -2.51. The Morgan fingerprint density at radius 1 is 1.26 bits per heavy atom. The molecule has 1 amide bonds. The van der Waals surface area contributed by atoms with Gasteiger partial charge in [-0.1, -0.05) is 26.2 Å². The van der Waals surface area contributed by atoms with Crippen LogP contribution in [0.2, 0.25) is 0 Å². The highest BCUT2D eigenvalue weighted by Crippen LogP contribution is 2.32. The summed E-state index contributed by atoms with van der Waals surface area (Å²) in [6.07, 6.45) is 5.51. The number of esters is 1. The van der Waals surface area contributed by atoms with Gasteiger partial charge in [0.25, 0.3) is 5.91 Å². The van der Waals surface area contributed by atoms with Gasteiger partial charge >= 0.3 is 5.97 Å². The molecule has 0 aromatic carbocycles. The van der Waals surface area contributed by atoms with Crippen LogP contribution < -0.4 is 0 Å². The van der Waals surface area contributed by atoms with E-state index in [0.717, 1.165) is 19.3 Å². The fourth-order valence-corrected chi connectivity index (χ4v) is 5.64. The number of likely N-dealkylation sites (N-methyl/N-ethyl adjacent to an activating group) is 1. The van der Waals surface area contributed by atoms with E-state index in [2.05, 4.69) is 6.07 Å². The molecule has 2 rings (SSSR count). The summed E-state index contributed by atoms with van der Waals surface area (Å²) in [6.45, 7) is 1.59. The van der Waals surface area contributed by atoms with Crippen molar-refractivity contribution in [3.63, 3.8) is 0 Å². The van der Waals surface area contributed by atoms with Crippen LogP contribution in [0.4, 0.5) is 0 Å². The summed E-state index contributed by atoms with van der Waals surface area (Å²) in [7, 11) is -1.93. The third kappa shape index (κ3) is 4.79. The zero-order valence-corrected chi connectivity index (χ0v) is 17.0. The topological polar surface area (TPSA) is 108 Å². The summed E-state index contributed by atoms with van der Waals surface area (Å²) < 4.78 is 30.9. The molecule has 2 aliphatic rings. The minimum Gasteiger partial charge on any atom is -0.454 e. The summed E-state index contributed by atoms with van der Waals surface area (Å²) in [5, 5.41) is 9.56. The van der Waals surface area contributed by atoms with Crippen LogP contribution in [0, 0.1) is 11.3 Å². The first-order valence-corrected chi connectivity index (χ1v) is 11.2. The minimum atomic E-state index is -3.50. The Balaban J connectivity index is 1.96. The Morgan fingerprint density at radius 2 is 1.93 bits per heavy atom. The predicted molar refractivity (Wildman–Crippen MR) is 99.0 cm³/mol. The minimum absolute atomic E-state index is 0.0108. The second kappa shape index (κ2) is 9.02. The maximum Gasteiger partial charge on any atom is 0.324 e. The number of sulfonamides is 1. The number of ether oxygens (including phenoxy) is 1. The fourth-order valence-electron chi connectivity index (χ4n) is 3.91. The van der Waals surface area contributed by atoms with E-state index in [1.165, 1.54) is 9.21 Å². The van der Waals surface area contributed by atoms with Crippen LogP contribution in [-0.4, -0.2) is 67.0 Å². The summed E-state index contributed by atoms with van der Waals surface area (Å²) in [5.74, 6) is -1.14. The van der Waals surface area contributed by atoms with Crippen LogP contribution in [-0.2, 0) is 24.3 Å². The van der Waals surface area contributed by atoms with Crippen LogP contribution in [0.5, 0.6) is 0 Å². The van der Waals surface area contributed by atoms with Crippen LogP contribution in [0.15, 0.2) is 0 Å². The molecule has 1 heterocycles. The Morgan fingerprint density at radius 3 is 2.52 bits per heavy atom. The van der Waals surface area contributed by atoms with Gasteiger partial charge in [-0.15, -0.1) is 0 Å². The standard InChI is InChI=1S/C18H29N3O5S/c1-3-12-27(24,25)21-11-7-8-15(21)17(23)26-13-16(22)20(2)18(14-19)9-5-4-6-10-18/h15H,3-13H2,1-2H3. The molecular weight excluding hydrogens is 370 g/mol. The summed E-state index contributed by atoms with van der Waals surface area (Å²) in [6, 6.07) is 1.40. The van der Waals surface area contributed by atoms with Crippen molar-refractivity contribution in [1.82, 2.24) is 9.21 Å². The van der Waals surface area contributed by atoms with Gasteiger partial charge in [-0.05, 0) is 32.1 Å². The molecule has 2 fully saturated rings. The number of nitrogens with zero attached hydrogens (tertiary/aromatic N) is 3. The van der Waals surface area contributed by atoms with Crippen molar-refractivity contribution >= 4 is 21.9 Å². The first-order chi connectivity index (χ1) is 12.8. The van der Waals surface area contributed by atoms with Gasteiger partial charge in [-0.3, -0.25) is 9.59 Å². The van der Waals surface area contributed by atoms with E-state index in [0.29, 0.717) is 38.6 Å². The van der Waals surface area contributed by atoms with E-state index in [1.54, 1.807) is 14.0 Å². The zero-order chi connectivity index (χ0) is 20.1. The number of hydrogen-bond donors (Lipinski definition) is 0. The Bertz CT molecular complexity index is 694. The fraction of sp³-hybridized carbons (Fsp3) is 0.833. The van der Waals surface area contributed by atoms with Crippen molar-refractivity contribution in [3.05, 3.63) is 0 Å². The predicted octanol–water partition coefficient (Wildman–Crippen LogP) is 1.42. The van der Waals surface area contributed by atoms with E-state index in [4.69, 9.17) is 4.74 Å². The van der Waals surface area contributed by atoms with Gasteiger partial charge in [0.2, 0.25) is 10.0 Å². The first-order valence-electron chi connectivity index (χ1n) is 9.61. The molecule has 0 aromatic rings. The van der Waals surface area contributed by atoms with Crippen molar-refractivity contribution in [2.24, 2.45) is 0 Å². The van der Waals surface area contributed by atoms with Crippen molar-refractivity contribution in [1.29, 1.82) is 5.26 Å². The molecule has 0 bridgehead atoms. The van der Waals surface area contributed by atoms with E-state index < -0.39 is 40.1 Å². The summed E-state index contributed by atoms with van der Waals surface area (Å²) in [5.41, 5.74) is -0.842. The van der Waals surface area contributed by atoms with Gasteiger partial charge < -0.3 is 9.64 Å². The molecular formula is C18H29N3O5S. The molecule has 0 spiro atoms. The molecule has 1 unspecified atom stereocenters. The van der Waals surface area contributed by atoms with Crippen molar-refractivity contribution in [3.8, 4) is 6.07 Å². The molecule has 1 aliphatic carbocycles. The maximum atomic E-state index is 12.5. The molecule has 1 saturated carbocycles. The summed E-state index contributed by atoms with van der Waals surface area (Å²) in [4.78, 5) is 26.3. The molecule has 152 valence electrons. The lowest BCUT2D eigenvalue weighted by Gasteiger charge is -2.38. The third-order valence-electron chi connectivity index (χ3n) is 5.54. The largest absolute Gasteiger partial charge is 0.454 e. The molecule has 27 heavy (non-hydrogen) atoms. The first kappa shape index (κ1) is 21.6. The molecule has 1 atom stereocenters. The number of carbonyl (C=O) groups excluding carboxylic acids is 2. The number of carbonyl (C=O) groups is 2. The van der Waals surface area contributed by atoms with Crippen LogP contribution >= 0.6 is 0 Å². The zero-order valence-electron chi connectivity index (χ0n) is 16.1. The number of nitriles is 1. The SMILES string of the molecule is CCCS(=O)(=O)N1CCCC1C(=O)OCC(=O)N(C)C1(C#N)CCCCC1. The Kier molecular flexibility index (Phi) is 7.23. The van der Waals surface area contributed by atoms with Gasteiger partial charge in [-0.25, -0.2) is 8.42 Å². The molecule has 0 N–H and O–H groups in total. The third-order valence-corrected chi connectivity index (χ3v) is 7.61. The molecule has 1 saturated heterocycles. The average molecular weight is 400 g/mol. The normalized spacial score (nSPS) is 22.8. The Labute approximate surface area is 161 Å². The van der Waals surface area contributed by atoms with Crippen LogP contribution in [0.1, 0.15) is 58.3 Å². The van der Waals surface area contributed by atoms with Crippen molar-refractivity contribution < 1.29 is 22.7 Å². The van der Waals surface area contributed by atoms with Crippen molar-refractivity contribution in [2.45, 2.75) is 69.9 Å². The van der Waals surface area contributed by atoms with Gasteiger partial charge in [0.15, 0.2) is 6.61 Å². The number of rotatable bonds is 7. The highest BCUT2D eigenvalue weighted by Gasteiger charge is 2.41. The van der Waals surface area contributed by atoms with E-state index in [-0.39, 0.29) is 5.75 Å².